The van der Waals surface area contributed by atoms with E-state index in [1.165, 1.54) is 5.56 Å². The molecule has 0 saturated carbocycles. The minimum Gasteiger partial charge on any atom is -0.467 e. The van der Waals surface area contributed by atoms with E-state index >= 15 is 0 Å². The van der Waals surface area contributed by atoms with E-state index in [1.807, 2.05) is 42.2 Å². The van der Waals surface area contributed by atoms with Crippen LogP contribution in [0.3, 0.4) is 0 Å². The number of nitrogens with zero attached hydrogens (tertiary/aromatic N) is 2. The van der Waals surface area contributed by atoms with E-state index in [2.05, 4.69) is 22.8 Å². The predicted molar refractivity (Wildman–Crippen MR) is 122 cm³/mol. The van der Waals surface area contributed by atoms with Crippen LogP contribution in [0.1, 0.15) is 31.1 Å². The number of aliphatic imine (C=N–C) groups is 1. The lowest BCUT2D eigenvalue weighted by Gasteiger charge is -2.16. The second-order valence-electron chi connectivity index (χ2n) is 7.78. The monoisotopic (exact) mass is 426 g/mol. The van der Waals surface area contributed by atoms with Crippen LogP contribution in [0.25, 0.3) is 0 Å². The largest absolute Gasteiger partial charge is 0.467 e. The van der Waals surface area contributed by atoms with Gasteiger partial charge in [-0.05, 0) is 37.5 Å². The predicted octanol–water partition coefficient (Wildman–Crippen LogP) is 2.83. The van der Waals surface area contributed by atoms with Crippen molar-refractivity contribution in [3.63, 3.8) is 0 Å². The first-order valence-corrected chi connectivity index (χ1v) is 11.2. The standard InChI is InChI=1S/C24H34N4O3/c1-2-25-24(26-12-7-14-30-19-22-10-6-15-31-22)27-17-21-16-23(29)28(18-21)13-11-20-8-4-3-5-9-20/h3-6,8-10,15,21H,2,7,11-14,16-19H2,1H3,(H2,25,26,27). The first-order valence-electron chi connectivity index (χ1n) is 11.2. The molecule has 0 radical (unpaired) electrons. The Hall–Kier alpha value is -2.80. The highest BCUT2D eigenvalue weighted by Crippen LogP contribution is 2.18. The van der Waals surface area contributed by atoms with Crippen LogP contribution in [0.5, 0.6) is 0 Å². The van der Waals surface area contributed by atoms with Crippen LogP contribution in [0, 0.1) is 5.92 Å². The average Bonchev–Trinajstić information content (AvgIpc) is 3.43. The number of ether oxygens (including phenoxy) is 1. The third-order valence-corrected chi connectivity index (χ3v) is 5.24. The zero-order valence-electron chi connectivity index (χ0n) is 18.4. The first kappa shape index (κ1) is 22.9. The van der Waals surface area contributed by atoms with Gasteiger partial charge in [-0.15, -0.1) is 0 Å². The summed E-state index contributed by atoms with van der Waals surface area (Å²) >= 11 is 0. The van der Waals surface area contributed by atoms with Crippen molar-refractivity contribution in [1.29, 1.82) is 0 Å². The van der Waals surface area contributed by atoms with Gasteiger partial charge in [0.2, 0.25) is 5.91 Å². The van der Waals surface area contributed by atoms with Gasteiger partial charge in [-0.1, -0.05) is 30.3 Å². The number of amides is 1. The molecule has 0 spiro atoms. The van der Waals surface area contributed by atoms with Crippen molar-refractivity contribution in [1.82, 2.24) is 15.5 Å². The number of rotatable bonds is 12. The molecule has 1 atom stereocenters. The van der Waals surface area contributed by atoms with E-state index in [0.29, 0.717) is 26.2 Å². The molecule has 3 rings (SSSR count). The molecule has 7 heteroatoms. The van der Waals surface area contributed by atoms with Crippen molar-refractivity contribution < 1.29 is 13.9 Å². The molecular weight excluding hydrogens is 392 g/mol. The number of guanidine groups is 1. The molecule has 2 aromatic rings. The summed E-state index contributed by atoms with van der Waals surface area (Å²) < 4.78 is 10.8. The van der Waals surface area contributed by atoms with Gasteiger partial charge >= 0.3 is 0 Å². The van der Waals surface area contributed by atoms with Gasteiger partial charge in [-0.3, -0.25) is 9.79 Å². The maximum atomic E-state index is 12.4. The Balaban J connectivity index is 1.34. The Kier molecular flexibility index (Phi) is 9.44. The van der Waals surface area contributed by atoms with Crippen LogP contribution < -0.4 is 10.6 Å². The molecule has 1 amide bonds. The highest BCUT2D eigenvalue weighted by molar-refractivity contribution is 5.80. The van der Waals surface area contributed by atoms with Gasteiger partial charge in [-0.25, -0.2) is 0 Å². The number of carbonyl (C=O) groups is 1. The Bertz CT molecular complexity index is 792. The van der Waals surface area contributed by atoms with Crippen molar-refractivity contribution in [2.75, 3.05) is 39.3 Å². The Labute approximate surface area is 184 Å². The van der Waals surface area contributed by atoms with Crippen LogP contribution in [0.15, 0.2) is 58.1 Å². The fourth-order valence-electron chi connectivity index (χ4n) is 3.61. The van der Waals surface area contributed by atoms with Gasteiger partial charge in [0.1, 0.15) is 12.4 Å². The van der Waals surface area contributed by atoms with Gasteiger partial charge in [0.15, 0.2) is 5.96 Å². The van der Waals surface area contributed by atoms with E-state index in [-0.39, 0.29) is 11.8 Å². The van der Waals surface area contributed by atoms with E-state index in [4.69, 9.17) is 14.1 Å². The first-order chi connectivity index (χ1) is 15.2. The lowest BCUT2D eigenvalue weighted by atomic mass is 10.1. The number of hydrogen-bond donors (Lipinski definition) is 2. The van der Waals surface area contributed by atoms with Gasteiger partial charge in [0.05, 0.1) is 6.26 Å². The Morgan fingerprint density at radius 3 is 2.87 bits per heavy atom. The second-order valence-corrected chi connectivity index (χ2v) is 7.78. The normalized spacial score (nSPS) is 16.7. The molecule has 1 aromatic heterocycles. The molecule has 1 aromatic carbocycles. The van der Waals surface area contributed by atoms with Crippen LogP contribution in [-0.2, 0) is 22.6 Å². The summed E-state index contributed by atoms with van der Waals surface area (Å²) in [5, 5.41) is 6.62. The zero-order valence-corrected chi connectivity index (χ0v) is 18.4. The quantitative estimate of drug-likeness (QED) is 0.310. The summed E-state index contributed by atoms with van der Waals surface area (Å²) in [6.45, 7) is 6.99. The number of hydrogen-bond acceptors (Lipinski definition) is 4. The van der Waals surface area contributed by atoms with Crippen molar-refractivity contribution in [2.24, 2.45) is 10.9 Å². The zero-order chi connectivity index (χ0) is 21.7. The molecule has 7 nitrogen and oxygen atoms in total. The molecule has 1 aliphatic heterocycles. The maximum absolute atomic E-state index is 12.4. The number of likely N-dealkylation sites (tertiary alicyclic amines) is 1. The third kappa shape index (κ3) is 8.09. The van der Waals surface area contributed by atoms with Crippen molar-refractivity contribution in [3.8, 4) is 0 Å². The minimum atomic E-state index is 0.239. The molecule has 0 bridgehead atoms. The van der Waals surface area contributed by atoms with Gasteiger partial charge in [0, 0.05) is 51.7 Å². The molecule has 1 aliphatic rings. The lowest BCUT2D eigenvalue weighted by Crippen LogP contribution is -2.38. The molecule has 1 saturated heterocycles. The van der Waals surface area contributed by atoms with Gasteiger partial charge in [-0.2, -0.15) is 0 Å². The molecule has 0 aliphatic carbocycles. The summed E-state index contributed by atoms with van der Waals surface area (Å²) in [5.41, 5.74) is 1.27. The fraction of sp³-hybridized carbons (Fsp3) is 0.500. The number of carbonyl (C=O) groups excluding carboxylic acids is 1. The molecule has 31 heavy (non-hydrogen) atoms. The molecular formula is C24H34N4O3. The summed E-state index contributed by atoms with van der Waals surface area (Å²) in [4.78, 5) is 19.0. The number of furan rings is 1. The van der Waals surface area contributed by atoms with Crippen molar-refractivity contribution in [2.45, 2.75) is 32.8 Å². The smallest absolute Gasteiger partial charge is 0.223 e. The van der Waals surface area contributed by atoms with Crippen LogP contribution in [0.4, 0.5) is 0 Å². The minimum absolute atomic E-state index is 0.239. The SMILES string of the molecule is CCNC(=NCC1CC(=O)N(CCc2ccccc2)C1)NCCCOCc1ccco1. The summed E-state index contributed by atoms with van der Waals surface area (Å²) in [6, 6.07) is 14.1. The lowest BCUT2D eigenvalue weighted by molar-refractivity contribution is -0.127. The molecule has 2 heterocycles. The molecule has 2 N–H and O–H groups in total. The van der Waals surface area contributed by atoms with Crippen LogP contribution >= 0.6 is 0 Å². The van der Waals surface area contributed by atoms with Crippen LogP contribution in [-0.4, -0.2) is 56.1 Å². The van der Waals surface area contributed by atoms with E-state index in [9.17, 15) is 4.79 Å². The fourth-order valence-corrected chi connectivity index (χ4v) is 3.61. The molecule has 1 unspecified atom stereocenters. The number of nitrogens with one attached hydrogen (secondary N) is 2. The molecule has 168 valence electrons. The van der Waals surface area contributed by atoms with Crippen LogP contribution in [0.2, 0.25) is 0 Å². The second kappa shape index (κ2) is 12.8. The maximum Gasteiger partial charge on any atom is 0.223 e. The third-order valence-electron chi connectivity index (χ3n) is 5.24. The number of benzene rings is 1. The van der Waals surface area contributed by atoms with Crippen molar-refractivity contribution in [3.05, 3.63) is 60.1 Å². The highest BCUT2D eigenvalue weighted by Gasteiger charge is 2.28. The summed E-state index contributed by atoms with van der Waals surface area (Å²) in [6.07, 6.45) is 4.01. The summed E-state index contributed by atoms with van der Waals surface area (Å²) in [5.74, 6) is 2.15. The van der Waals surface area contributed by atoms with E-state index in [1.54, 1.807) is 6.26 Å². The average molecular weight is 427 g/mol. The van der Waals surface area contributed by atoms with Gasteiger partial charge in [0.25, 0.3) is 0 Å². The Morgan fingerprint density at radius 2 is 2.10 bits per heavy atom. The summed E-state index contributed by atoms with van der Waals surface area (Å²) in [7, 11) is 0. The topological polar surface area (TPSA) is 79.1 Å². The van der Waals surface area contributed by atoms with Crippen molar-refractivity contribution >= 4 is 11.9 Å². The Morgan fingerprint density at radius 1 is 1.23 bits per heavy atom. The molecule has 1 fully saturated rings. The van der Waals surface area contributed by atoms with E-state index in [0.717, 1.165) is 50.7 Å². The highest BCUT2D eigenvalue weighted by atomic mass is 16.5. The van der Waals surface area contributed by atoms with Gasteiger partial charge < -0.3 is 24.7 Å². The van der Waals surface area contributed by atoms with E-state index < -0.39 is 0 Å².